The zero-order chi connectivity index (χ0) is 13.1. The maximum absolute atomic E-state index is 11.8. The van der Waals surface area contributed by atoms with Gasteiger partial charge < -0.3 is 11.1 Å². The summed E-state index contributed by atoms with van der Waals surface area (Å²) in [6, 6.07) is 0.303. The average molecular weight is 262 g/mol. The Bertz CT molecular complexity index is 359. The van der Waals surface area contributed by atoms with Gasteiger partial charge >= 0.3 is 0 Å². The van der Waals surface area contributed by atoms with E-state index in [1.54, 1.807) is 6.92 Å². The lowest BCUT2D eigenvalue weighted by Crippen LogP contribution is -2.46. The number of nitrogens with two attached hydrogens (primary N) is 1. The minimum atomic E-state index is -3.30. The van der Waals surface area contributed by atoms with Crippen molar-refractivity contribution in [3.8, 4) is 0 Å². The predicted molar refractivity (Wildman–Crippen MR) is 67.3 cm³/mol. The first kappa shape index (κ1) is 14.4. The molecule has 1 saturated carbocycles. The summed E-state index contributed by atoms with van der Waals surface area (Å²) in [5.74, 6) is -0.385. The minimum Gasteiger partial charge on any atom is -0.352 e. The largest absolute Gasteiger partial charge is 0.352 e. The normalized spacial score (nSPS) is 27.5. The Labute approximate surface area is 103 Å². The van der Waals surface area contributed by atoms with E-state index >= 15 is 0 Å². The van der Waals surface area contributed by atoms with Gasteiger partial charge in [0.1, 0.15) is 5.25 Å². The molecular weight excluding hydrogens is 240 g/mol. The van der Waals surface area contributed by atoms with Crippen LogP contribution in [0.15, 0.2) is 0 Å². The van der Waals surface area contributed by atoms with Crippen LogP contribution in [0.25, 0.3) is 0 Å². The summed E-state index contributed by atoms with van der Waals surface area (Å²) < 4.78 is 23.1. The van der Waals surface area contributed by atoms with Crippen molar-refractivity contribution in [1.29, 1.82) is 0 Å². The zero-order valence-corrected chi connectivity index (χ0v) is 11.3. The van der Waals surface area contributed by atoms with Crippen molar-refractivity contribution in [2.45, 2.75) is 56.9 Å². The van der Waals surface area contributed by atoms with Crippen LogP contribution in [-0.2, 0) is 14.6 Å². The Morgan fingerprint density at radius 2 is 1.88 bits per heavy atom. The van der Waals surface area contributed by atoms with Gasteiger partial charge in [-0.3, -0.25) is 4.79 Å². The lowest BCUT2D eigenvalue weighted by atomic mass is 9.92. The fourth-order valence-corrected chi connectivity index (χ4v) is 2.89. The third kappa shape index (κ3) is 3.96. The molecule has 1 fully saturated rings. The highest BCUT2D eigenvalue weighted by Crippen LogP contribution is 2.17. The summed E-state index contributed by atoms with van der Waals surface area (Å²) in [5, 5.41) is 1.85. The Hall–Kier alpha value is -0.620. The Morgan fingerprint density at radius 3 is 2.35 bits per heavy atom. The lowest BCUT2D eigenvalue weighted by molar-refractivity contribution is -0.121. The van der Waals surface area contributed by atoms with E-state index in [1.165, 1.54) is 6.92 Å². The molecule has 0 saturated heterocycles. The number of amides is 1. The lowest BCUT2D eigenvalue weighted by Gasteiger charge is -2.27. The molecule has 1 unspecified atom stereocenters. The molecule has 6 heteroatoms. The van der Waals surface area contributed by atoms with Crippen LogP contribution >= 0.6 is 0 Å². The third-order valence-corrected chi connectivity index (χ3v) is 5.52. The molecule has 0 radical (unpaired) electrons. The maximum atomic E-state index is 11.8. The van der Waals surface area contributed by atoms with Crippen molar-refractivity contribution < 1.29 is 13.2 Å². The molecule has 1 atom stereocenters. The number of hydrogen-bond donors (Lipinski definition) is 2. The molecule has 17 heavy (non-hydrogen) atoms. The monoisotopic (exact) mass is 262 g/mol. The molecule has 1 rings (SSSR count). The highest BCUT2D eigenvalue weighted by Gasteiger charge is 2.28. The molecule has 1 aliphatic rings. The van der Waals surface area contributed by atoms with E-state index in [9.17, 15) is 13.2 Å². The molecule has 0 aromatic rings. The van der Waals surface area contributed by atoms with Gasteiger partial charge in [-0.1, -0.05) is 6.92 Å². The van der Waals surface area contributed by atoms with E-state index in [2.05, 4.69) is 5.32 Å². The first-order chi connectivity index (χ1) is 7.86. The number of carbonyl (C=O) groups excluding carboxylic acids is 1. The molecule has 0 heterocycles. The summed E-state index contributed by atoms with van der Waals surface area (Å²) in [4.78, 5) is 11.8. The minimum absolute atomic E-state index is 0.00285. The second-order valence-electron chi connectivity index (χ2n) is 4.71. The third-order valence-electron chi connectivity index (χ3n) is 3.43. The quantitative estimate of drug-likeness (QED) is 0.757. The molecule has 0 aliphatic heterocycles. The second-order valence-corrected chi connectivity index (χ2v) is 7.32. The predicted octanol–water partition coefficient (Wildman–Crippen LogP) is 0.196. The van der Waals surface area contributed by atoms with E-state index in [-0.39, 0.29) is 23.7 Å². The van der Waals surface area contributed by atoms with Gasteiger partial charge in [0, 0.05) is 17.8 Å². The van der Waals surface area contributed by atoms with E-state index < -0.39 is 15.1 Å². The van der Waals surface area contributed by atoms with Crippen LogP contribution in [0.5, 0.6) is 0 Å². The highest BCUT2D eigenvalue weighted by atomic mass is 32.2. The average Bonchev–Trinajstić information content (AvgIpc) is 2.31. The van der Waals surface area contributed by atoms with E-state index in [4.69, 9.17) is 5.73 Å². The van der Waals surface area contributed by atoms with Crippen molar-refractivity contribution in [3.05, 3.63) is 0 Å². The molecule has 100 valence electrons. The van der Waals surface area contributed by atoms with Gasteiger partial charge in [-0.25, -0.2) is 8.42 Å². The smallest absolute Gasteiger partial charge is 0.238 e. The number of sulfone groups is 1. The maximum Gasteiger partial charge on any atom is 0.238 e. The topological polar surface area (TPSA) is 89.3 Å². The molecule has 3 N–H and O–H groups in total. The fraction of sp³-hybridized carbons (Fsp3) is 0.909. The molecule has 0 aromatic heterocycles. The Kier molecular flexibility index (Phi) is 4.94. The molecule has 5 nitrogen and oxygen atoms in total. The molecule has 0 aromatic carbocycles. The van der Waals surface area contributed by atoms with Crippen LogP contribution in [-0.4, -0.2) is 37.4 Å². The zero-order valence-electron chi connectivity index (χ0n) is 10.5. The van der Waals surface area contributed by atoms with Crippen LogP contribution in [0.1, 0.15) is 39.5 Å². The van der Waals surface area contributed by atoms with Crippen molar-refractivity contribution in [1.82, 2.24) is 5.32 Å². The van der Waals surface area contributed by atoms with E-state index in [0.717, 1.165) is 25.7 Å². The first-order valence-electron chi connectivity index (χ1n) is 6.14. The van der Waals surface area contributed by atoms with Gasteiger partial charge in [0.25, 0.3) is 0 Å². The van der Waals surface area contributed by atoms with Crippen molar-refractivity contribution in [3.63, 3.8) is 0 Å². The summed E-state index contributed by atoms with van der Waals surface area (Å²) in [5.41, 5.74) is 5.77. The van der Waals surface area contributed by atoms with Crippen molar-refractivity contribution in [2.75, 3.05) is 5.75 Å². The fourth-order valence-electron chi connectivity index (χ4n) is 2.00. The number of hydrogen-bond acceptors (Lipinski definition) is 4. The van der Waals surface area contributed by atoms with Crippen LogP contribution in [0.2, 0.25) is 0 Å². The molecular formula is C11H22N2O3S. The number of nitrogens with one attached hydrogen (secondary N) is 1. The Balaban J connectivity index is 2.50. The van der Waals surface area contributed by atoms with Gasteiger partial charge in [0.2, 0.25) is 5.91 Å². The number of rotatable bonds is 4. The van der Waals surface area contributed by atoms with Crippen molar-refractivity contribution in [2.24, 2.45) is 5.73 Å². The van der Waals surface area contributed by atoms with E-state index in [0.29, 0.717) is 0 Å². The van der Waals surface area contributed by atoms with Crippen LogP contribution < -0.4 is 11.1 Å². The molecule has 0 spiro atoms. The molecule has 1 amide bonds. The van der Waals surface area contributed by atoms with Crippen molar-refractivity contribution >= 4 is 15.7 Å². The number of carbonyl (C=O) groups is 1. The Morgan fingerprint density at radius 1 is 1.35 bits per heavy atom. The van der Waals surface area contributed by atoms with Crippen LogP contribution in [0.4, 0.5) is 0 Å². The summed E-state index contributed by atoms with van der Waals surface area (Å²) in [6.07, 6.45) is 3.46. The highest BCUT2D eigenvalue weighted by molar-refractivity contribution is 7.92. The SMILES string of the molecule is CCS(=O)(=O)C(C)C(=O)N[C@H]1CC[C@H](N)CC1. The second kappa shape index (κ2) is 5.82. The summed E-state index contributed by atoms with van der Waals surface area (Å²) in [6.45, 7) is 3.00. The first-order valence-corrected chi connectivity index (χ1v) is 7.86. The van der Waals surface area contributed by atoms with Gasteiger partial charge in [-0.2, -0.15) is 0 Å². The van der Waals surface area contributed by atoms with Gasteiger partial charge in [0.05, 0.1) is 0 Å². The van der Waals surface area contributed by atoms with Crippen LogP contribution in [0, 0.1) is 0 Å². The summed E-state index contributed by atoms with van der Waals surface area (Å²) >= 11 is 0. The standard InChI is InChI=1S/C11H22N2O3S/c1-3-17(15,16)8(2)11(14)13-10-6-4-9(12)5-7-10/h8-10H,3-7,12H2,1-2H3,(H,13,14)/t8?,9-,10-. The molecule has 1 aliphatic carbocycles. The van der Waals surface area contributed by atoms with Gasteiger partial charge in [-0.05, 0) is 32.6 Å². The van der Waals surface area contributed by atoms with Gasteiger partial charge in [0.15, 0.2) is 9.84 Å². The summed E-state index contributed by atoms with van der Waals surface area (Å²) in [7, 11) is -3.30. The molecule has 0 bridgehead atoms. The van der Waals surface area contributed by atoms with E-state index in [1.807, 2.05) is 0 Å². The van der Waals surface area contributed by atoms with Crippen LogP contribution in [0.3, 0.4) is 0 Å². The van der Waals surface area contributed by atoms with Gasteiger partial charge in [-0.15, -0.1) is 0 Å².